The highest BCUT2D eigenvalue weighted by atomic mass is 16.3. The molecule has 3 heteroatoms. The Morgan fingerprint density at radius 2 is 2.00 bits per heavy atom. The monoisotopic (exact) mass is 278 g/mol. The van der Waals surface area contributed by atoms with Crippen LogP contribution in [0, 0.1) is 11.3 Å². The average Bonchev–Trinajstić information content (AvgIpc) is 2.97. The SMILES string of the molecule is CCc1cc(CC(O)C2(CC(C)C)CCCC2)n(C)n1. The maximum atomic E-state index is 10.9. The van der Waals surface area contributed by atoms with Gasteiger partial charge in [-0.05, 0) is 43.1 Å². The molecular weight excluding hydrogens is 248 g/mol. The minimum Gasteiger partial charge on any atom is -0.392 e. The van der Waals surface area contributed by atoms with Crippen LogP contribution in [-0.4, -0.2) is 21.0 Å². The molecule has 2 rings (SSSR count). The van der Waals surface area contributed by atoms with E-state index in [1.54, 1.807) is 0 Å². The van der Waals surface area contributed by atoms with Crippen LogP contribution < -0.4 is 0 Å². The molecule has 0 bridgehead atoms. The van der Waals surface area contributed by atoms with Crippen LogP contribution in [0.15, 0.2) is 6.07 Å². The Hall–Kier alpha value is -0.830. The molecule has 1 fully saturated rings. The highest BCUT2D eigenvalue weighted by Crippen LogP contribution is 2.46. The Bertz CT molecular complexity index is 430. The van der Waals surface area contributed by atoms with E-state index in [1.807, 2.05) is 11.7 Å². The van der Waals surface area contributed by atoms with Crippen molar-refractivity contribution in [2.75, 3.05) is 0 Å². The predicted molar refractivity (Wildman–Crippen MR) is 82.7 cm³/mol. The molecule has 1 aromatic rings. The number of hydrogen-bond acceptors (Lipinski definition) is 2. The molecular formula is C17H30N2O. The van der Waals surface area contributed by atoms with Gasteiger partial charge in [0.15, 0.2) is 0 Å². The summed E-state index contributed by atoms with van der Waals surface area (Å²) < 4.78 is 1.94. The third kappa shape index (κ3) is 3.25. The number of aliphatic hydroxyl groups is 1. The first-order valence-electron chi connectivity index (χ1n) is 8.16. The molecule has 1 N–H and O–H groups in total. The van der Waals surface area contributed by atoms with Crippen molar-refractivity contribution in [2.24, 2.45) is 18.4 Å². The van der Waals surface area contributed by atoms with Crippen LogP contribution in [0.25, 0.3) is 0 Å². The second kappa shape index (κ2) is 6.30. The Balaban J connectivity index is 2.11. The van der Waals surface area contributed by atoms with Gasteiger partial charge in [-0.15, -0.1) is 0 Å². The smallest absolute Gasteiger partial charge is 0.0651 e. The third-order valence-electron chi connectivity index (χ3n) is 4.91. The summed E-state index contributed by atoms with van der Waals surface area (Å²) in [5.41, 5.74) is 2.44. The standard InChI is InChI=1S/C17H30N2O/c1-5-14-10-15(19(4)18-14)11-16(20)17(12-13(2)3)8-6-7-9-17/h10,13,16,20H,5-9,11-12H2,1-4H3. The van der Waals surface area contributed by atoms with E-state index in [2.05, 4.69) is 31.9 Å². The molecule has 1 saturated carbocycles. The van der Waals surface area contributed by atoms with E-state index in [-0.39, 0.29) is 11.5 Å². The second-order valence-corrected chi connectivity index (χ2v) is 6.99. The zero-order valence-corrected chi connectivity index (χ0v) is 13.5. The van der Waals surface area contributed by atoms with Crippen LogP contribution in [0.1, 0.15) is 64.3 Å². The molecule has 0 aromatic carbocycles. The predicted octanol–water partition coefficient (Wildman–Crippen LogP) is 3.49. The van der Waals surface area contributed by atoms with Crippen LogP contribution in [0.3, 0.4) is 0 Å². The summed E-state index contributed by atoms with van der Waals surface area (Å²) in [6.07, 6.45) is 7.54. The summed E-state index contributed by atoms with van der Waals surface area (Å²) >= 11 is 0. The summed E-state index contributed by atoms with van der Waals surface area (Å²) in [6.45, 7) is 6.66. The quantitative estimate of drug-likeness (QED) is 0.865. The molecule has 0 spiro atoms. The van der Waals surface area contributed by atoms with Crippen molar-refractivity contribution in [3.63, 3.8) is 0 Å². The fourth-order valence-corrected chi connectivity index (χ4v) is 3.92. The first kappa shape index (κ1) is 15.6. The lowest BCUT2D eigenvalue weighted by atomic mass is 9.72. The maximum absolute atomic E-state index is 10.9. The second-order valence-electron chi connectivity index (χ2n) is 6.99. The lowest BCUT2D eigenvalue weighted by Gasteiger charge is -2.36. The third-order valence-corrected chi connectivity index (χ3v) is 4.91. The minimum absolute atomic E-state index is 0.144. The average molecular weight is 278 g/mol. The van der Waals surface area contributed by atoms with Gasteiger partial charge in [-0.3, -0.25) is 4.68 Å². The van der Waals surface area contributed by atoms with Crippen molar-refractivity contribution < 1.29 is 5.11 Å². The maximum Gasteiger partial charge on any atom is 0.0651 e. The zero-order valence-electron chi connectivity index (χ0n) is 13.5. The van der Waals surface area contributed by atoms with Gasteiger partial charge in [0.25, 0.3) is 0 Å². The largest absolute Gasteiger partial charge is 0.392 e. The first-order valence-corrected chi connectivity index (χ1v) is 8.16. The number of nitrogens with zero attached hydrogens (tertiary/aromatic N) is 2. The molecule has 0 aliphatic heterocycles. The van der Waals surface area contributed by atoms with Crippen LogP contribution in [0.5, 0.6) is 0 Å². The lowest BCUT2D eigenvalue weighted by molar-refractivity contribution is 0.0122. The van der Waals surface area contributed by atoms with Crippen molar-refractivity contribution in [3.8, 4) is 0 Å². The Morgan fingerprint density at radius 3 is 2.50 bits per heavy atom. The van der Waals surface area contributed by atoms with E-state index in [4.69, 9.17) is 0 Å². The molecule has 1 unspecified atom stereocenters. The Morgan fingerprint density at radius 1 is 1.35 bits per heavy atom. The minimum atomic E-state index is -0.229. The van der Waals surface area contributed by atoms with Gasteiger partial charge >= 0.3 is 0 Å². The lowest BCUT2D eigenvalue weighted by Crippen LogP contribution is -2.36. The summed E-state index contributed by atoms with van der Waals surface area (Å²) in [4.78, 5) is 0. The van der Waals surface area contributed by atoms with Gasteiger partial charge in [0.1, 0.15) is 0 Å². The van der Waals surface area contributed by atoms with Crippen molar-refractivity contribution in [3.05, 3.63) is 17.5 Å². The molecule has 20 heavy (non-hydrogen) atoms. The van der Waals surface area contributed by atoms with E-state index in [0.29, 0.717) is 5.92 Å². The highest BCUT2D eigenvalue weighted by molar-refractivity contribution is 5.12. The molecule has 1 aliphatic rings. The normalized spacial score (nSPS) is 19.7. The number of rotatable bonds is 6. The van der Waals surface area contributed by atoms with Gasteiger partial charge < -0.3 is 5.11 Å². The van der Waals surface area contributed by atoms with E-state index < -0.39 is 0 Å². The van der Waals surface area contributed by atoms with Crippen LogP contribution >= 0.6 is 0 Å². The van der Waals surface area contributed by atoms with Crippen LogP contribution in [0.2, 0.25) is 0 Å². The van der Waals surface area contributed by atoms with Crippen molar-refractivity contribution >= 4 is 0 Å². The van der Waals surface area contributed by atoms with Crippen LogP contribution in [0.4, 0.5) is 0 Å². The number of aliphatic hydroxyl groups excluding tert-OH is 1. The molecule has 1 atom stereocenters. The first-order chi connectivity index (χ1) is 9.47. The van der Waals surface area contributed by atoms with Gasteiger partial charge in [0.2, 0.25) is 0 Å². The van der Waals surface area contributed by atoms with Gasteiger partial charge in [0, 0.05) is 19.2 Å². The van der Waals surface area contributed by atoms with Crippen molar-refractivity contribution in [1.82, 2.24) is 9.78 Å². The molecule has 114 valence electrons. The van der Waals surface area contributed by atoms with E-state index in [1.165, 1.54) is 31.4 Å². The summed E-state index contributed by atoms with van der Waals surface area (Å²) in [5.74, 6) is 0.653. The van der Waals surface area contributed by atoms with E-state index >= 15 is 0 Å². The van der Waals surface area contributed by atoms with Crippen molar-refractivity contribution in [1.29, 1.82) is 0 Å². The topological polar surface area (TPSA) is 38.0 Å². The van der Waals surface area contributed by atoms with E-state index in [9.17, 15) is 5.11 Å². The fraction of sp³-hybridized carbons (Fsp3) is 0.824. The molecule has 1 aliphatic carbocycles. The highest BCUT2D eigenvalue weighted by Gasteiger charge is 2.41. The van der Waals surface area contributed by atoms with Gasteiger partial charge in [-0.2, -0.15) is 5.10 Å². The number of hydrogen-bond donors (Lipinski definition) is 1. The molecule has 0 radical (unpaired) electrons. The Kier molecular flexibility index (Phi) is 4.90. The van der Waals surface area contributed by atoms with Crippen LogP contribution in [-0.2, 0) is 19.9 Å². The summed E-state index contributed by atoms with van der Waals surface area (Å²) in [7, 11) is 1.99. The van der Waals surface area contributed by atoms with Gasteiger partial charge in [-0.1, -0.05) is 33.6 Å². The molecule has 3 nitrogen and oxygen atoms in total. The molecule has 1 aromatic heterocycles. The molecule has 0 saturated heterocycles. The molecule has 0 amide bonds. The summed E-state index contributed by atoms with van der Waals surface area (Å²) in [5, 5.41) is 15.4. The van der Waals surface area contributed by atoms with Gasteiger partial charge in [0.05, 0.1) is 11.8 Å². The number of aromatic nitrogens is 2. The van der Waals surface area contributed by atoms with Crippen molar-refractivity contribution in [2.45, 2.75) is 71.8 Å². The fourth-order valence-electron chi connectivity index (χ4n) is 3.92. The van der Waals surface area contributed by atoms with E-state index in [0.717, 1.165) is 25.0 Å². The molecule has 1 heterocycles. The number of aryl methyl sites for hydroxylation is 2. The summed E-state index contributed by atoms with van der Waals surface area (Å²) in [6, 6.07) is 2.15. The Labute approximate surface area is 123 Å². The van der Waals surface area contributed by atoms with Gasteiger partial charge in [-0.25, -0.2) is 0 Å². The zero-order chi connectivity index (χ0) is 14.8.